The molecule has 0 spiro atoms. The summed E-state index contributed by atoms with van der Waals surface area (Å²) in [6.07, 6.45) is 1.57. The Labute approximate surface area is 97.4 Å². The number of benzene rings is 1. The van der Waals surface area contributed by atoms with E-state index in [9.17, 15) is 0 Å². The summed E-state index contributed by atoms with van der Waals surface area (Å²) < 4.78 is 4.93. The first-order valence-electron chi connectivity index (χ1n) is 4.63. The van der Waals surface area contributed by atoms with E-state index in [1.165, 1.54) is 0 Å². The lowest BCUT2D eigenvalue weighted by atomic mass is 10.2. The van der Waals surface area contributed by atoms with E-state index in [4.69, 9.17) is 21.4 Å². The van der Waals surface area contributed by atoms with Gasteiger partial charge in [-0.15, -0.1) is 0 Å². The SMILES string of the molecule is N#Cc1c(Cl)cccc1NCc1ccno1. The van der Waals surface area contributed by atoms with Gasteiger partial charge in [-0.05, 0) is 12.1 Å². The minimum absolute atomic E-state index is 0.434. The molecule has 0 aliphatic carbocycles. The van der Waals surface area contributed by atoms with Gasteiger partial charge in [0.05, 0.1) is 29.0 Å². The lowest BCUT2D eigenvalue weighted by Gasteiger charge is -2.06. The lowest BCUT2D eigenvalue weighted by Crippen LogP contribution is -2.00. The van der Waals surface area contributed by atoms with Crippen molar-refractivity contribution in [3.8, 4) is 6.07 Å². The zero-order chi connectivity index (χ0) is 11.4. The number of nitriles is 1. The Hall–Kier alpha value is -1.99. The van der Waals surface area contributed by atoms with Crippen molar-refractivity contribution in [2.45, 2.75) is 6.54 Å². The fourth-order valence-corrected chi connectivity index (χ4v) is 1.52. The van der Waals surface area contributed by atoms with Crippen molar-refractivity contribution in [2.24, 2.45) is 0 Å². The number of halogens is 1. The van der Waals surface area contributed by atoms with E-state index in [0.29, 0.717) is 28.6 Å². The highest BCUT2D eigenvalue weighted by Crippen LogP contribution is 2.23. The summed E-state index contributed by atoms with van der Waals surface area (Å²) in [6, 6.07) is 9.06. The van der Waals surface area contributed by atoms with Crippen molar-refractivity contribution in [2.75, 3.05) is 5.32 Å². The van der Waals surface area contributed by atoms with Crippen LogP contribution in [0.25, 0.3) is 0 Å². The quantitative estimate of drug-likeness (QED) is 0.886. The van der Waals surface area contributed by atoms with E-state index in [1.54, 1.807) is 30.5 Å². The molecule has 0 radical (unpaired) electrons. The Morgan fingerprint density at radius 1 is 1.44 bits per heavy atom. The van der Waals surface area contributed by atoms with Gasteiger partial charge in [-0.1, -0.05) is 22.8 Å². The molecule has 5 heteroatoms. The van der Waals surface area contributed by atoms with Crippen molar-refractivity contribution in [3.05, 3.63) is 46.8 Å². The molecule has 0 atom stereocenters. The highest BCUT2D eigenvalue weighted by molar-refractivity contribution is 6.32. The average Bonchev–Trinajstić information content (AvgIpc) is 2.79. The highest BCUT2D eigenvalue weighted by atomic mass is 35.5. The monoisotopic (exact) mass is 233 g/mol. The minimum atomic E-state index is 0.434. The van der Waals surface area contributed by atoms with Crippen molar-refractivity contribution in [1.29, 1.82) is 5.26 Å². The molecule has 2 aromatic rings. The summed E-state index contributed by atoms with van der Waals surface area (Å²) >= 11 is 5.89. The first kappa shape index (κ1) is 10.5. The van der Waals surface area contributed by atoms with Crippen molar-refractivity contribution in [1.82, 2.24) is 5.16 Å². The fourth-order valence-electron chi connectivity index (χ4n) is 1.30. The van der Waals surface area contributed by atoms with Crippen LogP contribution in [0.15, 0.2) is 35.0 Å². The van der Waals surface area contributed by atoms with Gasteiger partial charge in [0.25, 0.3) is 0 Å². The third kappa shape index (κ3) is 2.15. The number of anilines is 1. The molecular formula is C11H8ClN3O. The number of nitrogens with one attached hydrogen (secondary N) is 1. The number of nitrogens with zero attached hydrogens (tertiary/aromatic N) is 2. The van der Waals surface area contributed by atoms with Crippen LogP contribution in [0.4, 0.5) is 5.69 Å². The maximum Gasteiger partial charge on any atom is 0.155 e. The molecule has 4 nitrogen and oxygen atoms in total. The molecule has 1 aromatic carbocycles. The molecule has 0 aliphatic rings. The van der Waals surface area contributed by atoms with Crippen LogP contribution in [0.3, 0.4) is 0 Å². The van der Waals surface area contributed by atoms with Crippen LogP contribution in [-0.2, 0) is 6.54 Å². The minimum Gasteiger partial charge on any atom is -0.377 e. The first-order chi connectivity index (χ1) is 7.81. The van der Waals surface area contributed by atoms with Gasteiger partial charge in [0, 0.05) is 6.07 Å². The second-order valence-electron chi connectivity index (χ2n) is 3.11. The molecule has 0 fully saturated rings. The highest BCUT2D eigenvalue weighted by Gasteiger charge is 2.06. The molecule has 0 bridgehead atoms. The van der Waals surface area contributed by atoms with Crippen LogP contribution in [0, 0.1) is 11.3 Å². The summed E-state index contributed by atoms with van der Waals surface area (Å²) in [5.41, 5.74) is 1.12. The zero-order valence-electron chi connectivity index (χ0n) is 8.27. The number of rotatable bonds is 3. The Bertz CT molecular complexity index is 517. The van der Waals surface area contributed by atoms with Gasteiger partial charge < -0.3 is 9.84 Å². The van der Waals surface area contributed by atoms with Gasteiger partial charge >= 0.3 is 0 Å². The third-order valence-electron chi connectivity index (χ3n) is 2.07. The van der Waals surface area contributed by atoms with E-state index < -0.39 is 0 Å². The van der Waals surface area contributed by atoms with E-state index in [2.05, 4.69) is 16.5 Å². The van der Waals surface area contributed by atoms with Crippen LogP contribution < -0.4 is 5.32 Å². The summed E-state index contributed by atoms with van der Waals surface area (Å²) in [4.78, 5) is 0. The molecule has 0 aliphatic heterocycles. The normalized spacial score (nSPS) is 9.75. The summed E-state index contributed by atoms with van der Waals surface area (Å²) in [7, 11) is 0. The van der Waals surface area contributed by atoms with Crippen LogP contribution >= 0.6 is 11.6 Å². The Kier molecular flexibility index (Phi) is 3.08. The number of hydrogen-bond acceptors (Lipinski definition) is 4. The lowest BCUT2D eigenvalue weighted by molar-refractivity contribution is 0.388. The van der Waals surface area contributed by atoms with Gasteiger partial charge in [-0.2, -0.15) is 5.26 Å². The van der Waals surface area contributed by atoms with Gasteiger partial charge in [-0.3, -0.25) is 0 Å². The molecule has 1 N–H and O–H groups in total. The molecule has 0 unspecified atom stereocenters. The van der Waals surface area contributed by atoms with Gasteiger partial charge in [0.15, 0.2) is 5.76 Å². The Balaban J connectivity index is 2.16. The average molecular weight is 234 g/mol. The van der Waals surface area contributed by atoms with Crippen LogP contribution in [0.5, 0.6) is 0 Å². The van der Waals surface area contributed by atoms with E-state index in [0.717, 1.165) is 0 Å². The topological polar surface area (TPSA) is 61.9 Å². The molecule has 0 amide bonds. The van der Waals surface area contributed by atoms with Gasteiger partial charge in [0.2, 0.25) is 0 Å². The maximum absolute atomic E-state index is 8.95. The third-order valence-corrected chi connectivity index (χ3v) is 2.38. The molecule has 1 heterocycles. The predicted molar refractivity (Wildman–Crippen MR) is 60.0 cm³/mol. The van der Waals surface area contributed by atoms with Crippen molar-refractivity contribution >= 4 is 17.3 Å². The first-order valence-corrected chi connectivity index (χ1v) is 5.01. The van der Waals surface area contributed by atoms with Crippen LogP contribution in [0.1, 0.15) is 11.3 Å². The van der Waals surface area contributed by atoms with Gasteiger partial charge in [-0.25, -0.2) is 0 Å². The number of hydrogen-bond donors (Lipinski definition) is 1. The Morgan fingerprint density at radius 2 is 2.31 bits per heavy atom. The molecular weight excluding hydrogens is 226 g/mol. The second-order valence-corrected chi connectivity index (χ2v) is 3.51. The van der Waals surface area contributed by atoms with Crippen molar-refractivity contribution < 1.29 is 4.52 Å². The smallest absolute Gasteiger partial charge is 0.155 e. The molecule has 2 rings (SSSR count). The van der Waals surface area contributed by atoms with E-state index in [1.807, 2.05) is 0 Å². The zero-order valence-corrected chi connectivity index (χ0v) is 9.03. The number of aromatic nitrogens is 1. The second kappa shape index (κ2) is 4.69. The Morgan fingerprint density at radius 3 is 3.00 bits per heavy atom. The standard InChI is InChI=1S/C11H8ClN3O/c12-10-2-1-3-11(9(10)6-13)14-7-8-4-5-15-16-8/h1-5,14H,7H2. The maximum atomic E-state index is 8.95. The molecule has 0 saturated heterocycles. The molecule has 0 saturated carbocycles. The van der Waals surface area contributed by atoms with Crippen molar-refractivity contribution in [3.63, 3.8) is 0 Å². The molecule has 16 heavy (non-hydrogen) atoms. The van der Waals surface area contributed by atoms with Crippen LogP contribution in [0.2, 0.25) is 5.02 Å². The summed E-state index contributed by atoms with van der Waals surface area (Å²) in [5, 5.41) is 16.0. The fraction of sp³-hybridized carbons (Fsp3) is 0.0909. The molecule has 1 aromatic heterocycles. The molecule has 80 valence electrons. The summed E-state index contributed by atoms with van der Waals surface area (Å²) in [5.74, 6) is 0.698. The van der Waals surface area contributed by atoms with Gasteiger partial charge in [0.1, 0.15) is 6.07 Å². The van der Waals surface area contributed by atoms with Crippen LogP contribution in [-0.4, -0.2) is 5.16 Å². The van der Waals surface area contributed by atoms with E-state index >= 15 is 0 Å². The van der Waals surface area contributed by atoms with E-state index in [-0.39, 0.29) is 0 Å². The largest absolute Gasteiger partial charge is 0.377 e. The summed E-state index contributed by atoms with van der Waals surface area (Å²) in [6.45, 7) is 0.467. The predicted octanol–water partition coefficient (Wildman–Crippen LogP) is 2.81.